The van der Waals surface area contributed by atoms with E-state index in [9.17, 15) is 18.9 Å². The summed E-state index contributed by atoms with van der Waals surface area (Å²) < 4.78 is 29.9. The number of non-ortho nitro benzene ring substituents is 1. The molecule has 6 nitrogen and oxygen atoms in total. The molecule has 2 heterocycles. The van der Waals surface area contributed by atoms with Gasteiger partial charge in [0.15, 0.2) is 5.82 Å². The first-order valence-electron chi connectivity index (χ1n) is 8.99. The highest BCUT2D eigenvalue weighted by atomic mass is 19.1. The second kappa shape index (κ2) is 6.70. The predicted molar refractivity (Wildman–Crippen MR) is 108 cm³/mol. The van der Waals surface area contributed by atoms with Crippen molar-refractivity contribution in [2.24, 2.45) is 0 Å². The van der Waals surface area contributed by atoms with Crippen LogP contribution in [-0.2, 0) is 0 Å². The van der Waals surface area contributed by atoms with Gasteiger partial charge >= 0.3 is 0 Å². The number of aromatic nitrogens is 3. The third-order valence-electron chi connectivity index (χ3n) is 4.86. The molecule has 0 aliphatic carbocycles. The summed E-state index contributed by atoms with van der Waals surface area (Å²) in [6.07, 6.45) is 1.49. The van der Waals surface area contributed by atoms with Gasteiger partial charge in [0.25, 0.3) is 5.69 Å². The largest absolute Gasteiger partial charge is 0.271 e. The molecule has 0 aliphatic rings. The molecular weight excluding hydrogens is 390 g/mol. The molecule has 0 bridgehead atoms. The number of pyridine rings is 1. The van der Waals surface area contributed by atoms with E-state index in [2.05, 4.69) is 10.1 Å². The quantitative estimate of drug-likeness (QED) is 0.298. The van der Waals surface area contributed by atoms with Crippen molar-refractivity contribution in [3.63, 3.8) is 0 Å². The standard InChI is InChI=1S/C22H12F2N4O2/c23-14-9-17-21(19(24)10-14)25-12-18-20(13-5-2-1-3-6-13)26-27(22(17)18)15-7-4-8-16(11-15)28(29)30/h1-12H. The Morgan fingerprint density at radius 3 is 2.50 bits per heavy atom. The molecule has 0 saturated carbocycles. The Bertz CT molecular complexity index is 1450. The molecule has 30 heavy (non-hydrogen) atoms. The van der Waals surface area contributed by atoms with Crippen molar-refractivity contribution in [1.82, 2.24) is 14.8 Å². The summed E-state index contributed by atoms with van der Waals surface area (Å²) in [6.45, 7) is 0. The summed E-state index contributed by atoms with van der Waals surface area (Å²) in [5.74, 6) is -1.54. The first kappa shape index (κ1) is 17.9. The highest BCUT2D eigenvalue weighted by molar-refractivity contribution is 6.08. The summed E-state index contributed by atoms with van der Waals surface area (Å²) in [7, 11) is 0. The minimum atomic E-state index is -0.792. The lowest BCUT2D eigenvalue weighted by Crippen LogP contribution is -1.99. The second-order valence-corrected chi connectivity index (χ2v) is 6.71. The van der Waals surface area contributed by atoms with Crippen molar-refractivity contribution in [3.05, 3.63) is 94.7 Å². The van der Waals surface area contributed by atoms with Crippen LogP contribution >= 0.6 is 0 Å². The van der Waals surface area contributed by atoms with Gasteiger partial charge in [0.1, 0.15) is 17.0 Å². The molecule has 5 aromatic rings. The number of rotatable bonds is 3. The SMILES string of the molecule is O=[N+]([O-])c1cccc(-n2nc(-c3ccccc3)c3cnc4c(F)cc(F)cc4c32)c1. The minimum Gasteiger partial charge on any atom is -0.258 e. The number of nitro groups is 1. The molecule has 0 saturated heterocycles. The molecule has 146 valence electrons. The molecule has 3 aromatic carbocycles. The van der Waals surface area contributed by atoms with Crippen LogP contribution < -0.4 is 0 Å². The van der Waals surface area contributed by atoms with Gasteiger partial charge in [-0.3, -0.25) is 15.1 Å². The number of hydrogen-bond acceptors (Lipinski definition) is 4. The Morgan fingerprint density at radius 1 is 0.933 bits per heavy atom. The van der Waals surface area contributed by atoms with Crippen molar-refractivity contribution in [3.8, 4) is 16.9 Å². The average molecular weight is 402 g/mol. The van der Waals surface area contributed by atoms with Crippen LogP contribution in [0.15, 0.2) is 72.9 Å². The maximum Gasteiger partial charge on any atom is 0.271 e. The fourth-order valence-electron chi connectivity index (χ4n) is 3.55. The van der Waals surface area contributed by atoms with Crippen LogP contribution in [0.25, 0.3) is 38.8 Å². The molecule has 0 unspecified atom stereocenters. The maximum absolute atomic E-state index is 14.4. The molecule has 0 atom stereocenters. The zero-order valence-corrected chi connectivity index (χ0v) is 15.3. The van der Waals surface area contributed by atoms with E-state index in [-0.39, 0.29) is 16.6 Å². The number of hydrogen-bond donors (Lipinski definition) is 0. The Balaban J connectivity index is 1.93. The van der Waals surface area contributed by atoms with E-state index in [1.807, 2.05) is 30.3 Å². The number of halogens is 2. The zero-order valence-electron chi connectivity index (χ0n) is 15.3. The predicted octanol–water partition coefficient (Wildman–Crippen LogP) is 5.43. The van der Waals surface area contributed by atoms with Crippen LogP contribution in [0.5, 0.6) is 0 Å². The van der Waals surface area contributed by atoms with Crippen molar-refractivity contribution in [2.75, 3.05) is 0 Å². The van der Waals surface area contributed by atoms with Gasteiger partial charge in [-0.15, -0.1) is 0 Å². The summed E-state index contributed by atoms with van der Waals surface area (Å²) in [6, 6.07) is 17.2. The van der Waals surface area contributed by atoms with Crippen LogP contribution in [0.4, 0.5) is 14.5 Å². The van der Waals surface area contributed by atoms with Crippen LogP contribution in [0.1, 0.15) is 0 Å². The minimum absolute atomic E-state index is 0.00454. The van der Waals surface area contributed by atoms with Crippen molar-refractivity contribution in [1.29, 1.82) is 0 Å². The van der Waals surface area contributed by atoms with E-state index in [1.54, 1.807) is 6.07 Å². The maximum atomic E-state index is 14.4. The Kier molecular flexibility index (Phi) is 3.99. The van der Waals surface area contributed by atoms with Crippen molar-refractivity contribution >= 4 is 27.5 Å². The smallest absolute Gasteiger partial charge is 0.258 e. The monoisotopic (exact) mass is 402 g/mol. The van der Waals surface area contributed by atoms with Gasteiger partial charge in [-0.25, -0.2) is 13.5 Å². The van der Waals surface area contributed by atoms with Crippen molar-refractivity contribution in [2.45, 2.75) is 0 Å². The molecule has 0 fully saturated rings. The van der Waals surface area contributed by atoms with Gasteiger partial charge in [-0.05, 0) is 12.1 Å². The third-order valence-corrected chi connectivity index (χ3v) is 4.86. The number of nitrogens with zero attached hydrogens (tertiary/aromatic N) is 4. The zero-order chi connectivity index (χ0) is 20.8. The molecule has 0 N–H and O–H groups in total. The summed E-state index contributed by atoms with van der Waals surface area (Å²) in [5.41, 5.74) is 2.02. The van der Waals surface area contributed by atoms with Crippen LogP contribution in [0.3, 0.4) is 0 Å². The Hall–Kier alpha value is -4.20. The highest BCUT2D eigenvalue weighted by Gasteiger charge is 2.20. The highest BCUT2D eigenvalue weighted by Crippen LogP contribution is 2.35. The molecule has 0 spiro atoms. The normalized spacial score (nSPS) is 11.3. The van der Waals surface area contributed by atoms with E-state index in [0.29, 0.717) is 22.3 Å². The van der Waals surface area contributed by atoms with Gasteiger partial charge in [0.2, 0.25) is 0 Å². The fraction of sp³-hybridized carbons (Fsp3) is 0. The van der Waals surface area contributed by atoms with E-state index in [4.69, 9.17) is 0 Å². The molecule has 0 aliphatic heterocycles. The molecular formula is C22H12F2N4O2. The first-order chi connectivity index (χ1) is 14.5. The topological polar surface area (TPSA) is 73.8 Å². The molecule has 0 radical (unpaired) electrons. The summed E-state index contributed by atoms with van der Waals surface area (Å²) in [4.78, 5) is 14.9. The summed E-state index contributed by atoms with van der Waals surface area (Å²) >= 11 is 0. The second-order valence-electron chi connectivity index (χ2n) is 6.71. The Morgan fingerprint density at radius 2 is 1.73 bits per heavy atom. The van der Waals surface area contributed by atoms with E-state index in [1.165, 1.54) is 35.1 Å². The number of nitro benzene ring substituents is 1. The van der Waals surface area contributed by atoms with Gasteiger partial charge < -0.3 is 0 Å². The third kappa shape index (κ3) is 2.77. The lowest BCUT2D eigenvalue weighted by molar-refractivity contribution is -0.384. The lowest BCUT2D eigenvalue weighted by Gasteiger charge is -2.06. The van der Waals surface area contributed by atoms with Gasteiger partial charge in [0.05, 0.1) is 16.1 Å². The molecule has 0 amide bonds. The summed E-state index contributed by atoms with van der Waals surface area (Å²) in [5, 5.41) is 16.7. The van der Waals surface area contributed by atoms with E-state index in [0.717, 1.165) is 11.6 Å². The van der Waals surface area contributed by atoms with E-state index >= 15 is 0 Å². The first-order valence-corrected chi connectivity index (χ1v) is 8.99. The molecule has 8 heteroatoms. The van der Waals surface area contributed by atoms with E-state index < -0.39 is 16.6 Å². The fourth-order valence-corrected chi connectivity index (χ4v) is 3.55. The van der Waals surface area contributed by atoms with Crippen LogP contribution in [0.2, 0.25) is 0 Å². The van der Waals surface area contributed by atoms with Gasteiger partial charge in [-0.2, -0.15) is 5.10 Å². The molecule has 5 rings (SSSR count). The Labute approximate surface area is 168 Å². The molecule has 2 aromatic heterocycles. The average Bonchev–Trinajstić information content (AvgIpc) is 3.14. The van der Waals surface area contributed by atoms with Gasteiger partial charge in [-0.1, -0.05) is 36.4 Å². The van der Waals surface area contributed by atoms with Crippen LogP contribution in [0, 0.1) is 21.7 Å². The number of fused-ring (bicyclic) bond motifs is 3. The lowest BCUT2D eigenvalue weighted by atomic mass is 10.1. The number of benzene rings is 3. The van der Waals surface area contributed by atoms with Crippen LogP contribution in [-0.4, -0.2) is 19.7 Å². The van der Waals surface area contributed by atoms with Gasteiger partial charge in [0, 0.05) is 40.7 Å². The van der Waals surface area contributed by atoms with Crippen molar-refractivity contribution < 1.29 is 13.7 Å².